The van der Waals surface area contributed by atoms with E-state index in [4.69, 9.17) is 0 Å². The molecule has 0 aromatic carbocycles. The van der Waals surface area contributed by atoms with Crippen molar-refractivity contribution in [2.24, 2.45) is 0 Å². The summed E-state index contributed by atoms with van der Waals surface area (Å²) < 4.78 is 0. The monoisotopic (exact) mass is 532 g/mol. The van der Waals surface area contributed by atoms with Crippen LogP contribution in [-0.2, 0) is 12.8 Å². The van der Waals surface area contributed by atoms with Gasteiger partial charge in [-0.3, -0.25) is 0 Å². The summed E-state index contributed by atoms with van der Waals surface area (Å²) in [6, 6.07) is 0. The van der Waals surface area contributed by atoms with Crippen molar-refractivity contribution in [1.29, 1.82) is 0 Å². The first kappa shape index (κ1) is 29.4. The molecule has 2 aliphatic heterocycles. The highest BCUT2D eigenvalue weighted by atomic mass is 32.2. The lowest BCUT2D eigenvalue weighted by molar-refractivity contribution is 0.574. The summed E-state index contributed by atoms with van der Waals surface area (Å²) in [5.41, 5.74) is 3.43. The first-order valence-electron chi connectivity index (χ1n) is 15.2. The third-order valence-electron chi connectivity index (χ3n) is 7.50. The third-order valence-corrected chi connectivity index (χ3v) is 11.2. The maximum absolute atomic E-state index is 2.56. The molecule has 3 rings (SSSR count). The minimum atomic E-state index is 1.26. The van der Waals surface area contributed by atoms with Gasteiger partial charge in [-0.25, -0.2) is 0 Å². The maximum Gasteiger partial charge on any atom is 0.0444 e. The molecule has 3 heterocycles. The second-order valence-corrected chi connectivity index (χ2v) is 13.9. The Morgan fingerprint density at radius 3 is 1.57 bits per heavy atom. The van der Waals surface area contributed by atoms with Crippen LogP contribution in [0.2, 0.25) is 0 Å². The summed E-state index contributed by atoms with van der Waals surface area (Å²) in [7, 11) is 0. The average Bonchev–Trinajstić information content (AvgIpc) is 3.63. The van der Waals surface area contributed by atoms with Crippen LogP contribution in [0.15, 0.2) is 12.2 Å². The van der Waals surface area contributed by atoms with E-state index < -0.39 is 0 Å². The van der Waals surface area contributed by atoms with Gasteiger partial charge in [0.05, 0.1) is 0 Å². The Morgan fingerprint density at radius 1 is 0.571 bits per heavy atom. The lowest BCUT2D eigenvalue weighted by atomic mass is 9.97. The largest absolute Gasteiger partial charge is 0.139 e. The molecular formula is C32H52S3. The molecule has 0 aliphatic carbocycles. The van der Waals surface area contributed by atoms with Gasteiger partial charge in [-0.1, -0.05) is 116 Å². The fourth-order valence-corrected chi connectivity index (χ4v) is 9.17. The maximum atomic E-state index is 2.56. The molecular weight excluding hydrogens is 481 g/mol. The molecule has 0 nitrogen and oxygen atoms in total. The van der Waals surface area contributed by atoms with Crippen molar-refractivity contribution in [3.05, 3.63) is 33.0 Å². The van der Waals surface area contributed by atoms with E-state index >= 15 is 0 Å². The number of unbranched alkanes of at least 4 members (excludes halogenated alkanes) is 14. The van der Waals surface area contributed by atoms with E-state index in [1.807, 2.05) is 0 Å². The molecule has 2 aliphatic rings. The normalized spacial score (nSPS) is 15.7. The number of thioether (sulfide) groups is 2. The predicted octanol–water partition coefficient (Wildman–Crippen LogP) is 12.1. The number of thiophene rings is 1. The zero-order valence-corrected chi connectivity index (χ0v) is 25.4. The second-order valence-electron chi connectivity index (χ2n) is 10.6. The molecule has 198 valence electrons. The van der Waals surface area contributed by atoms with E-state index in [-0.39, 0.29) is 0 Å². The summed E-state index contributed by atoms with van der Waals surface area (Å²) in [4.78, 5) is 6.61. The van der Waals surface area contributed by atoms with E-state index in [9.17, 15) is 0 Å². The van der Waals surface area contributed by atoms with Crippen LogP contribution < -0.4 is 0 Å². The van der Waals surface area contributed by atoms with Crippen LogP contribution in [0.5, 0.6) is 0 Å². The Morgan fingerprint density at radius 2 is 1.06 bits per heavy atom. The van der Waals surface area contributed by atoms with Gasteiger partial charge in [-0.05, 0) is 44.1 Å². The van der Waals surface area contributed by atoms with Gasteiger partial charge < -0.3 is 0 Å². The summed E-state index contributed by atoms with van der Waals surface area (Å²) >= 11 is 6.43. The molecule has 0 unspecified atom stereocenters. The van der Waals surface area contributed by atoms with Gasteiger partial charge in [-0.15, -0.1) is 34.9 Å². The molecule has 1 aromatic rings. The van der Waals surface area contributed by atoms with Crippen LogP contribution in [0.25, 0.3) is 9.81 Å². The standard InChI is InChI=1S/C32H52S3/c1-3-5-7-9-11-13-15-17-21-27-31(28-23-19-25-33-28)29(35-32(27)30-24-20-26-34-30)22-18-16-14-12-10-8-6-4-2/h23-24H,3-22,25-26H2,1-2H3. The molecule has 0 saturated heterocycles. The van der Waals surface area contributed by atoms with Crippen LogP contribution in [0.4, 0.5) is 0 Å². The number of hydrogen-bond donors (Lipinski definition) is 0. The van der Waals surface area contributed by atoms with Crippen LogP contribution in [-0.4, -0.2) is 11.5 Å². The fraction of sp³-hybridized carbons (Fsp3) is 0.750. The molecule has 35 heavy (non-hydrogen) atoms. The van der Waals surface area contributed by atoms with Crippen molar-refractivity contribution < 1.29 is 0 Å². The van der Waals surface area contributed by atoms with E-state index in [1.165, 1.54) is 140 Å². The van der Waals surface area contributed by atoms with Gasteiger partial charge in [0.15, 0.2) is 0 Å². The van der Waals surface area contributed by atoms with Gasteiger partial charge in [0.1, 0.15) is 0 Å². The Hall–Kier alpha value is -0.120. The minimum Gasteiger partial charge on any atom is -0.139 e. The highest BCUT2D eigenvalue weighted by Crippen LogP contribution is 2.48. The average molecular weight is 533 g/mol. The second kappa shape index (κ2) is 18.2. The molecule has 0 bridgehead atoms. The van der Waals surface area contributed by atoms with Gasteiger partial charge in [0.25, 0.3) is 0 Å². The zero-order valence-electron chi connectivity index (χ0n) is 22.9. The van der Waals surface area contributed by atoms with Crippen molar-refractivity contribution in [2.45, 2.75) is 142 Å². The molecule has 0 atom stereocenters. The van der Waals surface area contributed by atoms with Crippen LogP contribution in [0, 0.1) is 0 Å². The van der Waals surface area contributed by atoms with Gasteiger partial charge in [-0.2, -0.15) is 0 Å². The van der Waals surface area contributed by atoms with Crippen LogP contribution in [0.3, 0.4) is 0 Å². The highest BCUT2D eigenvalue weighted by Gasteiger charge is 2.25. The SMILES string of the molecule is CCCCCCCCCCc1sc(C2=CCCS2)c(CCCCCCCCCC)c1C1=CCCS1. The molecule has 0 amide bonds. The van der Waals surface area contributed by atoms with Crippen LogP contribution in [0.1, 0.15) is 150 Å². The molecule has 1 aromatic heterocycles. The summed E-state index contributed by atoms with van der Waals surface area (Å²) in [6.07, 6.45) is 32.8. The minimum absolute atomic E-state index is 1.26. The van der Waals surface area contributed by atoms with Crippen molar-refractivity contribution in [3.8, 4) is 0 Å². The zero-order chi connectivity index (χ0) is 24.6. The number of allylic oxidation sites excluding steroid dienone is 2. The van der Waals surface area contributed by atoms with Crippen molar-refractivity contribution in [2.75, 3.05) is 11.5 Å². The fourth-order valence-electron chi connectivity index (χ4n) is 5.44. The molecule has 0 N–H and O–H groups in total. The van der Waals surface area contributed by atoms with Gasteiger partial charge >= 0.3 is 0 Å². The Balaban J connectivity index is 1.61. The highest BCUT2D eigenvalue weighted by molar-refractivity contribution is 8.09. The van der Waals surface area contributed by atoms with Crippen LogP contribution >= 0.6 is 34.9 Å². The number of aryl methyl sites for hydroxylation is 1. The Kier molecular flexibility index (Phi) is 15.3. The lowest BCUT2D eigenvalue weighted by Gasteiger charge is -2.11. The first-order valence-corrected chi connectivity index (χ1v) is 17.9. The van der Waals surface area contributed by atoms with E-state index in [1.54, 1.807) is 30.7 Å². The van der Waals surface area contributed by atoms with Crippen molar-refractivity contribution >= 4 is 44.7 Å². The third kappa shape index (κ3) is 10.3. The van der Waals surface area contributed by atoms with Crippen molar-refractivity contribution in [3.63, 3.8) is 0 Å². The number of rotatable bonds is 20. The van der Waals surface area contributed by atoms with E-state index in [2.05, 4.69) is 60.9 Å². The van der Waals surface area contributed by atoms with Gasteiger partial charge in [0, 0.05) is 36.6 Å². The van der Waals surface area contributed by atoms with Crippen molar-refractivity contribution in [1.82, 2.24) is 0 Å². The predicted molar refractivity (Wildman–Crippen MR) is 167 cm³/mol. The summed E-state index contributed by atoms with van der Waals surface area (Å²) in [5, 5.41) is 0. The van der Waals surface area contributed by atoms with Gasteiger partial charge in [0.2, 0.25) is 0 Å². The van der Waals surface area contributed by atoms with E-state index in [0.29, 0.717) is 0 Å². The lowest BCUT2D eigenvalue weighted by Crippen LogP contribution is -1.95. The molecule has 0 radical (unpaired) electrons. The molecule has 0 saturated carbocycles. The topological polar surface area (TPSA) is 0 Å². The number of hydrogen-bond acceptors (Lipinski definition) is 3. The summed E-state index contributed by atoms with van der Waals surface area (Å²) in [5.74, 6) is 2.57. The Bertz CT molecular complexity index is 770. The molecule has 0 spiro atoms. The molecule has 3 heteroatoms. The summed E-state index contributed by atoms with van der Waals surface area (Å²) in [6.45, 7) is 4.63. The first-order chi connectivity index (χ1) is 17.3. The molecule has 0 fully saturated rings. The quantitative estimate of drug-likeness (QED) is 0.153. The Labute approximate surface area is 230 Å². The smallest absolute Gasteiger partial charge is 0.0444 e. The van der Waals surface area contributed by atoms with E-state index in [0.717, 1.165) is 0 Å².